The molecule has 1 heterocycles. The van der Waals surface area contributed by atoms with Crippen molar-refractivity contribution in [3.8, 4) is 5.75 Å². The lowest BCUT2D eigenvalue weighted by Crippen LogP contribution is -2.48. The number of likely N-dealkylation sites (tertiary alicyclic amines) is 1. The molecule has 21 heavy (non-hydrogen) atoms. The standard InChI is InChI=1S/C18H30N2O/c1-12(2)21-16-7-8-17(13(3)9-16)19-18-10-15(5)20(6)11-14(18)4/h7-9,12,14-15,18-19H,10-11H2,1-6H3. The van der Waals surface area contributed by atoms with E-state index in [1.807, 2.05) is 0 Å². The van der Waals surface area contributed by atoms with Crippen molar-refractivity contribution in [3.63, 3.8) is 0 Å². The van der Waals surface area contributed by atoms with Crippen LogP contribution >= 0.6 is 0 Å². The second kappa shape index (κ2) is 6.69. The van der Waals surface area contributed by atoms with Gasteiger partial charge in [-0.2, -0.15) is 0 Å². The van der Waals surface area contributed by atoms with Gasteiger partial charge in [-0.15, -0.1) is 0 Å². The molecule has 0 spiro atoms. The maximum Gasteiger partial charge on any atom is 0.120 e. The van der Waals surface area contributed by atoms with E-state index in [0.29, 0.717) is 18.0 Å². The van der Waals surface area contributed by atoms with E-state index in [0.717, 1.165) is 12.3 Å². The number of nitrogens with zero attached hydrogens (tertiary/aromatic N) is 1. The highest BCUT2D eigenvalue weighted by Crippen LogP contribution is 2.28. The highest BCUT2D eigenvalue weighted by Gasteiger charge is 2.28. The van der Waals surface area contributed by atoms with Crippen LogP contribution in [0.4, 0.5) is 5.69 Å². The van der Waals surface area contributed by atoms with Crippen LogP contribution in [0.25, 0.3) is 0 Å². The number of hydrogen-bond donors (Lipinski definition) is 1. The fourth-order valence-corrected chi connectivity index (χ4v) is 3.09. The Hall–Kier alpha value is -1.22. The summed E-state index contributed by atoms with van der Waals surface area (Å²) in [5.41, 5.74) is 2.49. The van der Waals surface area contributed by atoms with Crippen LogP contribution < -0.4 is 10.1 Å². The summed E-state index contributed by atoms with van der Waals surface area (Å²) in [5, 5.41) is 3.75. The fourth-order valence-electron chi connectivity index (χ4n) is 3.09. The molecular weight excluding hydrogens is 260 g/mol. The number of ether oxygens (including phenoxy) is 1. The Morgan fingerprint density at radius 1 is 1.29 bits per heavy atom. The molecule has 1 aliphatic heterocycles. The number of nitrogens with one attached hydrogen (secondary N) is 1. The summed E-state index contributed by atoms with van der Waals surface area (Å²) >= 11 is 0. The Balaban J connectivity index is 2.05. The molecule has 118 valence electrons. The molecule has 1 N–H and O–H groups in total. The first-order valence-corrected chi connectivity index (χ1v) is 8.11. The van der Waals surface area contributed by atoms with Crippen molar-refractivity contribution in [3.05, 3.63) is 23.8 Å². The number of anilines is 1. The zero-order chi connectivity index (χ0) is 15.6. The first kappa shape index (κ1) is 16.2. The van der Waals surface area contributed by atoms with Crippen LogP contribution in [0.15, 0.2) is 18.2 Å². The first-order chi connectivity index (χ1) is 9.86. The van der Waals surface area contributed by atoms with Gasteiger partial charge in [-0.1, -0.05) is 6.92 Å². The predicted molar refractivity (Wildman–Crippen MR) is 90.2 cm³/mol. The van der Waals surface area contributed by atoms with Crippen LogP contribution in [0.5, 0.6) is 5.75 Å². The number of rotatable bonds is 4. The molecule has 0 radical (unpaired) electrons. The molecule has 0 saturated carbocycles. The maximum absolute atomic E-state index is 5.76. The Morgan fingerprint density at radius 2 is 2.00 bits per heavy atom. The molecule has 1 aliphatic rings. The van der Waals surface area contributed by atoms with E-state index in [2.05, 4.69) is 70.1 Å². The van der Waals surface area contributed by atoms with Crippen LogP contribution in [0.3, 0.4) is 0 Å². The van der Waals surface area contributed by atoms with Gasteiger partial charge in [-0.05, 0) is 70.8 Å². The molecule has 2 rings (SSSR count). The molecule has 3 unspecified atom stereocenters. The van der Waals surface area contributed by atoms with Gasteiger partial charge in [-0.25, -0.2) is 0 Å². The highest BCUT2D eigenvalue weighted by molar-refractivity contribution is 5.54. The Morgan fingerprint density at radius 3 is 2.62 bits per heavy atom. The SMILES string of the molecule is Cc1cc(OC(C)C)ccc1NC1CC(C)N(C)CC1C. The fraction of sp³-hybridized carbons (Fsp3) is 0.667. The van der Waals surface area contributed by atoms with Gasteiger partial charge >= 0.3 is 0 Å². The third-order valence-corrected chi connectivity index (χ3v) is 4.52. The van der Waals surface area contributed by atoms with Crippen molar-refractivity contribution in [2.24, 2.45) is 5.92 Å². The average Bonchev–Trinajstić information content (AvgIpc) is 2.38. The van der Waals surface area contributed by atoms with E-state index in [-0.39, 0.29) is 6.10 Å². The predicted octanol–water partition coefficient (Wildman–Crippen LogP) is 3.92. The molecule has 1 aromatic carbocycles. The summed E-state index contributed by atoms with van der Waals surface area (Å²) in [4.78, 5) is 2.45. The van der Waals surface area contributed by atoms with E-state index < -0.39 is 0 Å². The second-order valence-electron chi connectivity index (χ2n) is 6.90. The highest BCUT2D eigenvalue weighted by atomic mass is 16.5. The Kier molecular flexibility index (Phi) is 5.15. The summed E-state index contributed by atoms with van der Waals surface area (Å²) in [6, 6.07) is 7.54. The molecule has 0 amide bonds. The van der Waals surface area contributed by atoms with Crippen LogP contribution in [0.2, 0.25) is 0 Å². The van der Waals surface area contributed by atoms with Crippen molar-refractivity contribution in [1.29, 1.82) is 0 Å². The second-order valence-corrected chi connectivity index (χ2v) is 6.90. The molecule has 0 aromatic heterocycles. The van der Waals surface area contributed by atoms with Crippen molar-refractivity contribution in [2.45, 2.75) is 59.2 Å². The number of piperidine rings is 1. The Bertz CT molecular complexity index is 472. The van der Waals surface area contributed by atoms with Gasteiger partial charge in [0.05, 0.1) is 6.10 Å². The van der Waals surface area contributed by atoms with Gasteiger partial charge in [0.1, 0.15) is 5.75 Å². The smallest absolute Gasteiger partial charge is 0.120 e. The number of hydrogen-bond acceptors (Lipinski definition) is 3. The van der Waals surface area contributed by atoms with E-state index in [1.54, 1.807) is 0 Å². The van der Waals surface area contributed by atoms with E-state index in [9.17, 15) is 0 Å². The molecule has 1 aromatic rings. The molecular formula is C18H30N2O. The van der Waals surface area contributed by atoms with Crippen LogP contribution in [-0.4, -0.2) is 36.7 Å². The monoisotopic (exact) mass is 290 g/mol. The summed E-state index contributed by atoms with van der Waals surface area (Å²) in [5.74, 6) is 1.62. The zero-order valence-corrected chi connectivity index (χ0v) is 14.3. The molecule has 0 aliphatic carbocycles. The third-order valence-electron chi connectivity index (χ3n) is 4.52. The lowest BCUT2D eigenvalue weighted by atomic mass is 9.89. The Labute approximate surface area is 129 Å². The van der Waals surface area contributed by atoms with E-state index >= 15 is 0 Å². The van der Waals surface area contributed by atoms with Crippen LogP contribution in [-0.2, 0) is 0 Å². The lowest BCUT2D eigenvalue weighted by molar-refractivity contribution is 0.145. The van der Waals surface area contributed by atoms with Crippen LogP contribution in [0.1, 0.15) is 39.7 Å². The van der Waals surface area contributed by atoms with Crippen molar-refractivity contribution >= 4 is 5.69 Å². The van der Waals surface area contributed by atoms with Gasteiger partial charge < -0.3 is 15.0 Å². The zero-order valence-electron chi connectivity index (χ0n) is 14.3. The number of benzene rings is 1. The minimum absolute atomic E-state index is 0.220. The van der Waals surface area contributed by atoms with Gasteiger partial charge in [0, 0.05) is 24.3 Å². The molecule has 1 fully saturated rings. The number of aryl methyl sites for hydroxylation is 1. The van der Waals surface area contributed by atoms with E-state index in [4.69, 9.17) is 4.74 Å². The molecule has 0 bridgehead atoms. The third kappa shape index (κ3) is 4.13. The molecule has 3 atom stereocenters. The molecule has 3 nitrogen and oxygen atoms in total. The largest absolute Gasteiger partial charge is 0.491 e. The summed E-state index contributed by atoms with van der Waals surface area (Å²) in [6.45, 7) is 12.1. The van der Waals surface area contributed by atoms with Crippen molar-refractivity contribution in [2.75, 3.05) is 18.9 Å². The maximum atomic E-state index is 5.76. The van der Waals surface area contributed by atoms with Gasteiger partial charge in [-0.3, -0.25) is 0 Å². The van der Waals surface area contributed by atoms with Gasteiger partial charge in [0.15, 0.2) is 0 Å². The molecule has 1 saturated heterocycles. The topological polar surface area (TPSA) is 24.5 Å². The lowest BCUT2D eigenvalue weighted by Gasteiger charge is -2.40. The molecule has 3 heteroatoms. The van der Waals surface area contributed by atoms with Gasteiger partial charge in [0.25, 0.3) is 0 Å². The normalized spacial score (nSPS) is 26.9. The van der Waals surface area contributed by atoms with Crippen molar-refractivity contribution in [1.82, 2.24) is 4.90 Å². The quantitative estimate of drug-likeness (QED) is 0.909. The summed E-state index contributed by atoms with van der Waals surface area (Å²) in [7, 11) is 2.22. The average molecular weight is 290 g/mol. The van der Waals surface area contributed by atoms with Crippen LogP contribution in [0, 0.1) is 12.8 Å². The first-order valence-electron chi connectivity index (χ1n) is 8.11. The van der Waals surface area contributed by atoms with E-state index in [1.165, 1.54) is 17.7 Å². The van der Waals surface area contributed by atoms with Gasteiger partial charge in [0.2, 0.25) is 0 Å². The van der Waals surface area contributed by atoms with Crippen molar-refractivity contribution < 1.29 is 4.74 Å². The summed E-state index contributed by atoms with van der Waals surface area (Å²) in [6.07, 6.45) is 1.42. The summed E-state index contributed by atoms with van der Waals surface area (Å²) < 4.78 is 5.76. The minimum atomic E-state index is 0.220. The minimum Gasteiger partial charge on any atom is -0.491 e.